The topological polar surface area (TPSA) is 63.3 Å². The molecule has 1 aromatic heterocycles. The predicted molar refractivity (Wildman–Crippen MR) is 70.9 cm³/mol. The van der Waals surface area contributed by atoms with Crippen LogP contribution >= 0.6 is 11.3 Å². The Bertz CT molecular complexity index is 445. The minimum absolute atomic E-state index is 0.134. The van der Waals surface area contributed by atoms with Crippen molar-refractivity contribution in [2.75, 3.05) is 5.73 Å². The average molecular weight is 253 g/mol. The molecule has 0 atom stereocenters. The van der Waals surface area contributed by atoms with Gasteiger partial charge >= 0.3 is 5.97 Å². The Labute approximate surface area is 106 Å². The van der Waals surface area contributed by atoms with Gasteiger partial charge in [-0.1, -0.05) is 26.2 Å². The largest absolute Gasteiger partial charge is 0.477 e. The molecule has 1 aromatic rings. The van der Waals surface area contributed by atoms with Gasteiger partial charge in [0.25, 0.3) is 0 Å². The van der Waals surface area contributed by atoms with Gasteiger partial charge in [0, 0.05) is 10.3 Å². The third kappa shape index (κ3) is 2.06. The zero-order chi connectivity index (χ0) is 12.6. The molecular formula is C13H19NO2S. The van der Waals surface area contributed by atoms with Crippen LogP contribution in [-0.4, -0.2) is 11.1 Å². The summed E-state index contributed by atoms with van der Waals surface area (Å²) in [5, 5.41) is 9.12. The molecule has 0 radical (unpaired) electrons. The van der Waals surface area contributed by atoms with Gasteiger partial charge in [-0.05, 0) is 25.3 Å². The number of rotatable bonds is 2. The standard InChI is InChI=1S/C13H19NO2S/c1-8-9(14)10(12(15)16)17-11(8)13(2)6-4-3-5-7-13/h3-7,14H2,1-2H3,(H,15,16). The van der Waals surface area contributed by atoms with Crippen LogP contribution < -0.4 is 5.73 Å². The summed E-state index contributed by atoms with van der Waals surface area (Å²) in [6.07, 6.45) is 6.05. The summed E-state index contributed by atoms with van der Waals surface area (Å²) in [5.74, 6) is -0.902. The fourth-order valence-corrected chi connectivity index (χ4v) is 4.09. The molecule has 1 aliphatic rings. The first-order valence-corrected chi connectivity index (χ1v) is 6.90. The molecule has 0 unspecified atom stereocenters. The smallest absolute Gasteiger partial charge is 0.348 e. The van der Waals surface area contributed by atoms with Crippen molar-refractivity contribution < 1.29 is 9.90 Å². The Morgan fingerprint density at radius 2 is 1.94 bits per heavy atom. The molecule has 17 heavy (non-hydrogen) atoms. The monoisotopic (exact) mass is 253 g/mol. The maximum atomic E-state index is 11.1. The molecule has 0 bridgehead atoms. The van der Waals surface area contributed by atoms with E-state index in [2.05, 4.69) is 6.92 Å². The number of thiophene rings is 1. The Morgan fingerprint density at radius 3 is 2.41 bits per heavy atom. The van der Waals surface area contributed by atoms with E-state index in [1.807, 2.05) is 6.92 Å². The minimum Gasteiger partial charge on any atom is -0.477 e. The quantitative estimate of drug-likeness (QED) is 0.847. The Balaban J connectivity index is 2.45. The van der Waals surface area contributed by atoms with Crippen LogP contribution in [0.2, 0.25) is 0 Å². The minimum atomic E-state index is -0.902. The molecule has 0 saturated heterocycles. The number of hydrogen-bond acceptors (Lipinski definition) is 3. The number of anilines is 1. The van der Waals surface area contributed by atoms with Crippen LogP contribution in [0.5, 0.6) is 0 Å². The zero-order valence-electron chi connectivity index (χ0n) is 10.4. The maximum absolute atomic E-state index is 11.1. The summed E-state index contributed by atoms with van der Waals surface area (Å²) in [6.45, 7) is 4.20. The molecule has 2 rings (SSSR count). The summed E-state index contributed by atoms with van der Waals surface area (Å²) < 4.78 is 0. The maximum Gasteiger partial charge on any atom is 0.348 e. The lowest BCUT2D eigenvalue weighted by Gasteiger charge is -2.33. The molecule has 4 heteroatoms. The van der Waals surface area contributed by atoms with Crippen LogP contribution in [0.15, 0.2) is 0 Å². The van der Waals surface area contributed by atoms with E-state index in [1.54, 1.807) is 0 Å². The molecule has 3 nitrogen and oxygen atoms in total. The molecule has 1 fully saturated rings. The number of carbonyl (C=O) groups is 1. The van der Waals surface area contributed by atoms with E-state index in [9.17, 15) is 4.79 Å². The molecule has 0 aromatic carbocycles. The van der Waals surface area contributed by atoms with Gasteiger partial charge in [0.05, 0.1) is 5.69 Å². The van der Waals surface area contributed by atoms with Gasteiger partial charge in [0.1, 0.15) is 4.88 Å². The number of carboxylic acid groups (broad SMARTS) is 1. The highest BCUT2D eigenvalue weighted by atomic mass is 32.1. The van der Waals surface area contributed by atoms with Gasteiger partial charge in [-0.2, -0.15) is 0 Å². The second-order valence-corrected chi connectivity index (χ2v) is 6.25. The first-order valence-electron chi connectivity index (χ1n) is 6.08. The van der Waals surface area contributed by atoms with E-state index in [1.165, 1.54) is 35.5 Å². The van der Waals surface area contributed by atoms with Crippen LogP contribution in [0.1, 0.15) is 59.1 Å². The van der Waals surface area contributed by atoms with Crippen molar-refractivity contribution in [3.05, 3.63) is 15.3 Å². The lowest BCUT2D eigenvalue weighted by Crippen LogP contribution is -2.24. The lowest BCUT2D eigenvalue weighted by molar-refractivity contribution is 0.0703. The fourth-order valence-electron chi connectivity index (χ4n) is 2.82. The van der Waals surface area contributed by atoms with E-state index < -0.39 is 5.97 Å². The highest BCUT2D eigenvalue weighted by Crippen LogP contribution is 2.46. The summed E-state index contributed by atoms with van der Waals surface area (Å²) in [5.41, 5.74) is 7.48. The number of nitrogens with two attached hydrogens (primary N) is 1. The zero-order valence-corrected chi connectivity index (χ0v) is 11.2. The van der Waals surface area contributed by atoms with Crippen LogP contribution in [0.25, 0.3) is 0 Å². The summed E-state index contributed by atoms with van der Waals surface area (Å²) in [6, 6.07) is 0. The van der Waals surface area contributed by atoms with Crippen molar-refractivity contribution >= 4 is 23.0 Å². The average Bonchev–Trinajstić information content (AvgIpc) is 2.58. The fraction of sp³-hybridized carbons (Fsp3) is 0.615. The molecule has 1 saturated carbocycles. The molecular weight excluding hydrogens is 234 g/mol. The molecule has 94 valence electrons. The lowest BCUT2D eigenvalue weighted by atomic mass is 9.74. The van der Waals surface area contributed by atoms with Gasteiger partial charge in [-0.3, -0.25) is 0 Å². The number of hydrogen-bond donors (Lipinski definition) is 2. The molecule has 0 spiro atoms. The number of aromatic carboxylic acids is 1. The van der Waals surface area contributed by atoms with Crippen LogP contribution in [0.4, 0.5) is 5.69 Å². The van der Waals surface area contributed by atoms with E-state index in [0.29, 0.717) is 10.6 Å². The molecule has 3 N–H and O–H groups in total. The molecule has 1 heterocycles. The molecule has 0 amide bonds. The second-order valence-electron chi connectivity index (χ2n) is 5.23. The first-order chi connectivity index (χ1) is 7.96. The summed E-state index contributed by atoms with van der Waals surface area (Å²) >= 11 is 1.38. The van der Waals surface area contributed by atoms with Crippen molar-refractivity contribution in [1.29, 1.82) is 0 Å². The normalized spacial score (nSPS) is 19.2. The van der Waals surface area contributed by atoms with Crippen molar-refractivity contribution in [1.82, 2.24) is 0 Å². The van der Waals surface area contributed by atoms with Gasteiger partial charge in [0.2, 0.25) is 0 Å². The van der Waals surface area contributed by atoms with Crippen molar-refractivity contribution in [2.45, 2.75) is 51.4 Å². The van der Waals surface area contributed by atoms with Gasteiger partial charge in [-0.15, -0.1) is 11.3 Å². The Morgan fingerprint density at radius 1 is 1.35 bits per heavy atom. The van der Waals surface area contributed by atoms with Gasteiger partial charge < -0.3 is 10.8 Å². The van der Waals surface area contributed by atoms with E-state index in [0.717, 1.165) is 18.4 Å². The van der Waals surface area contributed by atoms with Crippen LogP contribution in [0, 0.1) is 6.92 Å². The van der Waals surface area contributed by atoms with E-state index >= 15 is 0 Å². The highest BCUT2D eigenvalue weighted by molar-refractivity contribution is 7.15. The summed E-state index contributed by atoms with van der Waals surface area (Å²) in [4.78, 5) is 12.6. The SMILES string of the molecule is Cc1c(C2(C)CCCCC2)sc(C(=O)O)c1N. The number of nitrogen functional groups attached to an aromatic ring is 1. The molecule has 1 aliphatic carbocycles. The van der Waals surface area contributed by atoms with Crippen LogP contribution in [-0.2, 0) is 5.41 Å². The Hall–Kier alpha value is -1.03. The van der Waals surface area contributed by atoms with Gasteiger partial charge in [0.15, 0.2) is 0 Å². The third-order valence-electron chi connectivity index (χ3n) is 3.89. The van der Waals surface area contributed by atoms with Crippen molar-refractivity contribution in [3.8, 4) is 0 Å². The molecule has 0 aliphatic heterocycles. The van der Waals surface area contributed by atoms with Gasteiger partial charge in [-0.25, -0.2) is 4.79 Å². The second kappa shape index (κ2) is 4.33. The van der Waals surface area contributed by atoms with Crippen molar-refractivity contribution in [3.63, 3.8) is 0 Å². The first kappa shape index (κ1) is 12.4. The van der Waals surface area contributed by atoms with Crippen LogP contribution in [0.3, 0.4) is 0 Å². The van der Waals surface area contributed by atoms with Crippen molar-refractivity contribution in [2.24, 2.45) is 0 Å². The Kier molecular flexibility index (Phi) is 3.17. The predicted octanol–water partition coefficient (Wildman–Crippen LogP) is 3.56. The number of carboxylic acids is 1. The summed E-state index contributed by atoms with van der Waals surface area (Å²) in [7, 11) is 0. The third-order valence-corrected chi connectivity index (χ3v) is 5.49. The highest BCUT2D eigenvalue weighted by Gasteiger charge is 2.34. The van der Waals surface area contributed by atoms with E-state index in [-0.39, 0.29) is 5.41 Å². The van der Waals surface area contributed by atoms with E-state index in [4.69, 9.17) is 10.8 Å².